The lowest BCUT2D eigenvalue weighted by atomic mass is 9.97. The fourth-order valence-corrected chi connectivity index (χ4v) is 2.04. The number of hydrogen-bond acceptors (Lipinski definition) is 1. The number of ketones is 1. The molecular formula is C18H15ClO. The minimum atomic E-state index is 0.0566. The fourth-order valence-electron chi connectivity index (χ4n) is 1.91. The highest BCUT2D eigenvalue weighted by Crippen LogP contribution is 2.21. The summed E-state index contributed by atoms with van der Waals surface area (Å²) in [7, 11) is 0. The minimum Gasteiger partial charge on any atom is -0.294 e. The van der Waals surface area contributed by atoms with Crippen molar-refractivity contribution in [3.8, 4) is 0 Å². The number of hydrogen-bond donors (Lipinski definition) is 0. The van der Waals surface area contributed by atoms with Crippen LogP contribution in [0.5, 0.6) is 0 Å². The molecular weight excluding hydrogens is 268 g/mol. The van der Waals surface area contributed by atoms with Crippen LogP contribution in [0.15, 0.2) is 67.3 Å². The summed E-state index contributed by atoms with van der Waals surface area (Å²) in [4.78, 5) is 12.2. The molecule has 2 heteroatoms. The lowest BCUT2D eigenvalue weighted by Crippen LogP contribution is -2.00. The van der Waals surface area contributed by atoms with Crippen molar-refractivity contribution >= 4 is 29.0 Å². The van der Waals surface area contributed by atoms with Gasteiger partial charge in [-0.05, 0) is 29.3 Å². The van der Waals surface area contributed by atoms with E-state index in [2.05, 4.69) is 6.58 Å². The van der Waals surface area contributed by atoms with Crippen molar-refractivity contribution < 1.29 is 4.79 Å². The standard InChI is InChI=1S/C18H15ClO/c1-2-6-18(20)17(15-7-4-3-5-8-15)13-14-9-11-16(19)12-10-14/h2-5,7-13H,1,6H2/b17-13+. The highest BCUT2D eigenvalue weighted by Gasteiger charge is 2.10. The molecule has 0 unspecified atom stereocenters. The van der Waals surface area contributed by atoms with E-state index in [9.17, 15) is 4.79 Å². The molecule has 0 amide bonds. The molecule has 0 saturated heterocycles. The van der Waals surface area contributed by atoms with Gasteiger partial charge in [-0.1, -0.05) is 60.1 Å². The first-order chi connectivity index (χ1) is 9.70. The van der Waals surface area contributed by atoms with Gasteiger partial charge in [0, 0.05) is 17.0 Å². The maximum absolute atomic E-state index is 12.2. The maximum Gasteiger partial charge on any atom is 0.167 e. The van der Waals surface area contributed by atoms with Crippen molar-refractivity contribution in [3.05, 3.63) is 83.4 Å². The third-order valence-electron chi connectivity index (χ3n) is 2.90. The van der Waals surface area contributed by atoms with Crippen LogP contribution in [0, 0.1) is 0 Å². The smallest absolute Gasteiger partial charge is 0.167 e. The van der Waals surface area contributed by atoms with Gasteiger partial charge in [0.2, 0.25) is 0 Å². The number of carbonyl (C=O) groups excluding carboxylic acids is 1. The van der Waals surface area contributed by atoms with Crippen LogP contribution in [-0.4, -0.2) is 5.78 Å². The van der Waals surface area contributed by atoms with Gasteiger partial charge in [0.1, 0.15) is 0 Å². The summed E-state index contributed by atoms with van der Waals surface area (Å²) in [6.07, 6.45) is 3.84. The molecule has 0 aliphatic carbocycles. The molecule has 0 N–H and O–H groups in total. The number of allylic oxidation sites excluding steroid dienone is 2. The van der Waals surface area contributed by atoms with Crippen molar-refractivity contribution in [2.24, 2.45) is 0 Å². The lowest BCUT2D eigenvalue weighted by Gasteiger charge is -2.06. The monoisotopic (exact) mass is 282 g/mol. The Labute approximate surface area is 124 Å². The molecule has 0 aliphatic rings. The van der Waals surface area contributed by atoms with Gasteiger partial charge in [-0.3, -0.25) is 4.79 Å². The van der Waals surface area contributed by atoms with Crippen LogP contribution in [0.4, 0.5) is 0 Å². The van der Waals surface area contributed by atoms with Crippen LogP contribution in [-0.2, 0) is 4.79 Å². The van der Waals surface area contributed by atoms with E-state index in [1.54, 1.807) is 6.08 Å². The number of benzene rings is 2. The molecule has 0 aliphatic heterocycles. The Morgan fingerprint density at radius 2 is 1.70 bits per heavy atom. The highest BCUT2D eigenvalue weighted by atomic mass is 35.5. The van der Waals surface area contributed by atoms with Crippen LogP contribution in [0.3, 0.4) is 0 Å². The third kappa shape index (κ3) is 3.69. The first-order valence-electron chi connectivity index (χ1n) is 6.37. The molecule has 0 atom stereocenters. The quantitative estimate of drug-likeness (QED) is 0.427. The number of halogens is 1. The van der Waals surface area contributed by atoms with Crippen LogP contribution in [0.25, 0.3) is 11.6 Å². The molecule has 0 aromatic heterocycles. The molecule has 2 aromatic rings. The first-order valence-corrected chi connectivity index (χ1v) is 6.75. The molecule has 0 fully saturated rings. The van der Waals surface area contributed by atoms with E-state index in [0.717, 1.165) is 11.1 Å². The van der Waals surface area contributed by atoms with Gasteiger partial charge < -0.3 is 0 Å². The first kappa shape index (κ1) is 14.3. The number of Topliss-reactive ketones (excluding diaryl/α,β-unsaturated/α-hetero) is 1. The van der Waals surface area contributed by atoms with Crippen LogP contribution in [0.2, 0.25) is 5.02 Å². The zero-order valence-corrected chi connectivity index (χ0v) is 11.8. The molecule has 0 heterocycles. The maximum atomic E-state index is 12.2. The Hall–Kier alpha value is -2.12. The summed E-state index contributed by atoms with van der Waals surface area (Å²) in [5, 5.41) is 0.681. The van der Waals surface area contributed by atoms with Gasteiger partial charge >= 0.3 is 0 Å². The van der Waals surface area contributed by atoms with Crippen molar-refractivity contribution in [2.75, 3.05) is 0 Å². The molecule has 2 aromatic carbocycles. The average molecular weight is 283 g/mol. The summed E-state index contributed by atoms with van der Waals surface area (Å²) in [6.45, 7) is 3.63. The average Bonchev–Trinajstić information content (AvgIpc) is 2.48. The summed E-state index contributed by atoms with van der Waals surface area (Å²) in [5.41, 5.74) is 2.55. The van der Waals surface area contributed by atoms with Crippen molar-refractivity contribution in [2.45, 2.75) is 6.42 Å². The largest absolute Gasteiger partial charge is 0.294 e. The normalized spacial score (nSPS) is 11.2. The second-order valence-corrected chi connectivity index (χ2v) is 4.83. The van der Waals surface area contributed by atoms with Gasteiger partial charge in [0.15, 0.2) is 5.78 Å². The predicted octanol–water partition coefficient (Wildman–Crippen LogP) is 5.03. The second-order valence-electron chi connectivity index (χ2n) is 4.39. The SMILES string of the molecule is C=CCC(=O)/C(=C/c1ccc(Cl)cc1)c1ccccc1. The van der Waals surface area contributed by atoms with Gasteiger partial charge in [-0.15, -0.1) is 6.58 Å². The van der Waals surface area contributed by atoms with Crippen molar-refractivity contribution in [3.63, 3.8) is 0 Å². The van der Waals surface area contributed by atoms with E-state index in [1.807, 2.05) is 60.7 Å². The van der Waals surface area contributed by atoms with Gasteiger partial charge in [-0.25, -0.2) is 0 Å². The summed E-state index contributed by atoms with van der Waals surface area (Å²) >= 11 is 5.88. The zero-order chi connectivity index (χ0) is 14.4. The van der Waals surface area contributed by atoms with E-state index in [1.165, 1.54) is 0 Å². The van der Waals surface area contributed by atoms with Crippen LogP contribution >= 0.6 is 11.6 Å². The summed E-state index contributed by atoms with van der Waals surface area (Å²) < 4.78 is 0. The van der Waals surface area contributed by atoms with E-state index in [0.29, 0.717) is 17.0 Å². The topological polar surface area (TPSA) is 17.1 Å². The molecule has 0 bridgehead atoms. The van der Waals surface area contributed by atoms with Crippen molar-refractivity contribution in [1.82, 2.24) is 0 Å². The van der Waals surface area contributed by atoms with Crippen LogP contribution < -0.4 is 0 Å². The summed E-state index contributed by atoms with van der Waals surface area (Å²) in [6, 6.07) is 17.1. The molecule has 20 heavy (non-hydrogen) atoms. The van der Waals surface area contributed by atoms with Gasteiger partial charge in [0.05, 0.1) is 0 Å². The minimum absolute atomic E-state index is 0.0566. The molecule has 0 saturated carbocycles. The van der Waals surface area contributed by atoms with E-state index in [4.69, 9.17) is 11.6 Å². The fraction of sp³-hybridized carbons (Fsp3) is 0.0556. The Kier molecular flexibility index (Phi) is 4.91. The molecule has 0 radical (unpaired) electrons. The molecule has 0 spiro atoms. The van der Waals surface area contributed by atoms with Crippen LogP contribution in [0.1, 0.15) is 17.5 Å². The Morgan fingerprint density at radius 3 is 2.30 bits per heavy atom. The Bertz CT molecular complexity index is 624. The molecule has 100 valence electrons. The van der Waals surface area contributed by atoms with E-state index >= 15 is 0 Å². The molecule has 1 nitrogen and oxygen atoms in total. The van der Waals surface area contributed by atoms with Crippen molar-refractivity contribution in [1.29, 1.82) is 0 Å². The number of rotatable bonds is 5. The van der Waals surface area contributed by atoms with E-state index < -0.39 is 0 Å². The number of carbonyl (C=O) groups is 1. The predicted molar refractivity (Wildman–Crippen MR) is 85.6 cm³/mol. The Balaban J connectivity index is 2.43. The Morgan fingerprint density at radius 1 is 1.05 bits per heavy atom. The van der Waals surface area contributed by atoms with E-state index in [-0.39, 0.29) is 5.78 Å². The third-order valence-corrected chi connectivity index (χ3v) is 3.15. The lowest BCUT2D eigenvalue weighted by molar-refractivity contribution is -0.112. The second kappa shape index (κ2) is 6.88. The van der Waals surface area contributed by atoms with Gasteiger partial charge in [-0.2, -0.15) is 0 Å². The highest BCUT2D eigenvalue weighted by molar-refractivity contribution is 6.30. The zero-order valence-electron chi connectivity index (χ0n) is 11.1. The molecule has 2 rings (SSSR count). The van der Waals surface area contributed by atoms with Gasteiger partial charge in [0.25, 0.3) is 0 Å². The summed E-state index contributed by atoms with van der Waals surface area (Å²) in [5.74, 6) is 0.0566.